The first kappa shape index (κ1) is 26.0. The van der Waals surface area contributed by atoms with Gasteiger partial charge in [-0.3, -0.25) is 0 Å². The van der Waals surface area contributed by atoms with Crippen LogP contribution in [0.4, 0.5) is 23.5 Å². The lowest BCUT2D eigenvalue weighted by Gasteiger charge is -2.36. The van der Waals surface area contributed by atoms with Crippen molar-refractivity contribution in [1.82, 2.24) is 39.6 Å². The number of methoxy groups -OCH3 is 2. The molecule has 13 heteroatoms. The van der Waals surface area contributed by atoms with Crippen LogP contribution in [-0.2, 0) is 0 Å². The first-order valence-electron chi connectivity index (χ1n) is 13.8. The number of aromatic nitrogens is 7. The number of fused-ring (bicyclic) bond motifs is 1. The summed E-state index contributed by atoms with van der Waals surface area (Å²) in [5.41, 5.74) is 7.55. The number of hydrogen-bond donors (Lipinski definition) is 2. The summed E-state index contributed by atoms with van der Waals surface area (Å²) in [5.74, 6) is 3.57. The molecule has 0 unspecified atom stereocenters. The highest BCUT2D eigenvalue weighted by atomic mass is 16.5. The highest BCUT2D eigenvalue weighted by Gasteiger charge is 2.24. The topological polar surface area (TPSA) is 145 Å². The summed E-state index contributed by atoms with van der Waals surface area (Å²) in [4.78, 5) is 27.2. The van der Waals surface area contributed by atoms with Gasteiger partial charge in [-0.2, -0.15) is 9.67 Å². The van der Waals surface area contributed by atoms with Gasteiger partial charge in [0.05, 0.1) is 37.8 Å². The molecule has 13 nitrogen and oxygen atoms in total. The minimum Gasteiger partial charge on any atom is -0.493 e. The zero-order valence-electron chi connectivity index (χ0n) is 23.0. The molecule has 0 amide bonds. The SMILES string of the molecule is COc1cc2ncnc(-n3nc(Nc4cnc(N5CCC(CN6CCCCC6)CC5)nc4)nc3N)c2cc1OC. The van der Waals surface area contributed by atoms with E-state index >= 15 is 0 Å². The number of nitrogens with two attached hydrogens (primary N) is 1. The van der Waals surface area contributed by atoms with E-state index in [1.807, 2.05) is 0 Å². The number of hydrogen-bond acceptors (Lipinski definition) is 12. The van der Waals surface area contributed by atoms with E-state index in [1.165, 1.54) is 62.7 Å². The normalized spacial score (nSPS) is 16.8. The van der Waals surface area contributed by atoms with Gasteiger partial charge in [0.2, 0.25) is 17.8 Å². The van der Waals surface area contributed by atoms with E-state index in [0.29, 0.717) is 39.9 Å². The zero-order chi connectivity index (χ0) is 27.5. The Hall–Kier alpha value is -4.26. The van der Waals surface area contributed by atoms with Gasteiger partial charge < -0.3 is 30.3 Å². The Kier molecular flexibility index (Phi) is 7.45. The standard InChI is InChI=1S/C27H35N11O2/c1-39-22-12-20-21(13-23(22)40-2)31-17-32-24(20)38-25(28)34-26(35-38)33-19-14-29-27(30-15-19)37-10-6-18(7-11-37)16-36-8-4-3-5-9-36/h12-15,17-18H,3-11,16H2,1-2H3,(H3,28,33,34,35). The summed E-state index contributed by atoms with van der Waals surface area (Å²) < 4.78 is 12.3. The summed E-state index contributed by atoms with van der Waals surface area (Å²) in [6, 6.07) is 3.57. The summed E-state index contributed by atoms with van der Waals surface area (Å²) >= 11 is 0. The van der Waals surface area contributed by atoms with Crippen LogP contribution in [-0.4, -0.2) is 86.5 Å². The Balaban J connectivity index is 1.12. The number of anilines is 4. The molecule has 6 rings (SSSR count). The molecule has 3 aromatic heterocycles. The van der Waals surface area contributed by atoms with Crippen molar-refractivity contribution in [3.63, 3.8) is 0 Å². The van der Waals surface area contributed by atoms with Gasteiger partial charge >= 0.3 is 0 Å². The summed E-state index contributed by atoms with van der Waals surface area (Å²) in [7, 11) is 3.15. The molecule has 2 aliphatic rings. The lowest BCUT2D eigenvalue weighted by atomic mass is 9.95. The zero-order valence-corrected chi connectivity index (χ0v) is 23.0. The van der Waals surface area contributed by atoms with Gasteiger partial charge in [-0.05, 0) is 50.8 Å². The van der Waals surface area contributed by atoms with E-state index in [2.05, 4.69) is 45.1 Å². The second-order valence-corrected chi connectivity index (χ2v) is 10.3. The second kappa shape index (κ2) is 11.5. The van der Waals surface area contributed by atoms with Crippen LogP contribution < -0.4 is 25.4 Å². The van der Waals surface area contributed by atoms with E-state index in [4.69, 9.17) is 15.2 Å². The third-order valence-electron chi connectivity index (χ3n) is 7.71. The fourth-order valence-corrected chi connectivity index (χ4v) is 5.57. The number of nitrogens with one attached hydrogen (secondary N) is 1. The van der Waals surface area contributed by atoms with E-state index in [9.17, 15) is 0 Å². The molecule has 210 valence electrons. The van der Waals surface area contributed by atoms with E-state index in [1.54, 1.807) is 38.7 Å². The minimum atomic E-state index is 0.169. The Morgan fingerprint density at radius 3 is 2.38 bits per heavy atom. The van der Waals surface area contributed by atoms with Gasteiger partial charge in [0.25, 0.3) is 0 Å². The number of nitrogen functional groups attached to an aromatic ring is 1. The van der Waals surface area contributed by atoms with Crippen LogP contribution in [0.3, 0.4) is 0 Å². The van der Waals surface area contributed by atoms with Crippen molar-refractivity contribution >= 4 is 34.4 Å². The molecular weight excluding hydrogens is 510 g/mol. The van der Waals surface area contributed by atoms with Crippen molar-refractivity contribution in [3.05, 3.63) is 30.9 Å². The van der Waals surface area contributed by atoms with Gasteiger partial charge in [-0.1, -0.05) is 6.42 Å². The fraction of sp³-hybridized carbons (Fsp3) is 0.481. The lowest BCUT2D eigenvalue weighted by molar-refractivity contribution is 0.181. The average molecular weight is 546 g/mol. The molecule has 3 N–H and O–H groups in total. The molecule has 5 heterocycles. The predicted octanol–water partition coefficient (Wildman–Crippen LogP) is 3.05. The average Bonchev–Trinajstić information content (AvgIpc) is 3.36. The maximum Gasteiger partial charge on any atom is 0.248 e. The van der Waals surface area contributed by atoms with Gasteiger partial charge in [0.1, 0.15) is 6.33 Å². The van der Waals surface area contributed by atoms with E-state index in [-0.39, 0.29) is 5.95 Å². The lowest BCUT2D eigenvalue weighted by Crippen LogP contribution is -2.40. The van der Waals surface area contributed by atoms with Crippen LogP contribution in [0.2, 0.25) is 0 Å². The van der Waals surface area contributed by atoms with Crippen molar-refractivity contribution in [3.8, 4) is 17.3 Å². The van der Waals surface area contributed by atoms with Crippen LogP contribution >= 0.6 is 0 Å². The number of rotatable bonds is 8. The summed E-state index contributed by atoms with van der Waals surface area (Å²) in [6.07, 6.45) is 11.4. The summed E-state index contributed by atoms with van der Waals surface area (Å²) in [6.45, 7) is 5.72. The molecule has 2 saturated heterocycles. The molecule has 4 aromatic rings. The monoisotopic (exact) mass is 545 g/mol. The third kappa shape index (κ3) is 5.41. The van der Waals surface area contributed by atoms with Crippen molar-refractivity contribution in [2.45, 2.75) is 32.1 Å². The smallest absolute Gasteiger partial charge is 0.248 e. The Bertz CT molecular complexity index is 1450. The first-order valence-corrected chi connectivity index (χ1v) is 13.8. The molecule has 0 atom stereocenters. The number of benzene rings is 1. The largest absolute Gasteiger partial charge is 0.493 e. The molecule has 0 saturated carbocycles. The molecule has 0 aliphatic carbocycles. The molecule has 0 radical (unpaired) electrons. The van der Waals surface area contributed by atoms with Crippen LogP contribution in [0.1, 0.15) is 32.1 Å². The highest BCUT2D eigenvalue weighted by Crippen LogP contribution is 2.33. The van der Waals surface area contributed by atoms with Gasteiger partial charge in [-0.25, -0.2) is 19.9 Å². The van der Waals surface area contributed by atoms with E-state index in [0.717, 1.165) is 25.0 Å². The molecule has 2 aliphatic heterocycles. The van der Waals surface area contributed by atoms with Crippen molar-refractivity contribution in [2.24, 2.45) is 5.92 Å². The maximum absolute atomic E-state index is 6.23. The maximum atomic E-state index is 6.23. The number of ether oxygens (including phenoxy) is 2. The van der Waals surface area contributed by atoms with Crippen LogP contribution in [0, 0.1) is 5.92 Å². The van der Waals surface area contributed by atoms with Crippen LogP contribution in [0.25, 0.3) is 16.7 Å². The van der Waals surface area contributed by atoms with Gasteiger partial charge in [-0.15, -0.1) is 5.10 Å². The molecule has 2 fully saturated rings. The molecule has 0 bridgehead atoms. The minimum absolute atomic E-state index is 0.169. The van der Waals surface area contributed by atoms with Crippen LogP contribution in [0.5, 0.6) is 11.5 Å². The van der Waals surface area contributed by atoms with E-state index < -0.39 is 0 Å². The van der Waals surface area contributed by atoms with Crippen LogP contribution in [0.15, 0.2) is 30.9 Å². The number of likely N-dealkylation sites (tertiary alicyclic amines) is 1. The molecule has 0 spiro atoms. The third-order valence-corrected chi connectivity index (χ3v) is 7.71. The molecular formula is C27H35N11O2. The van der Waals surface area contributed by atoms with Crippen molar-refractivity contribution < 1.29 is 9.47 Å². The number of piperidine rings is 2. The van der Waals surface area contributed by atoms with Crippen molar-refractivity contribution in [2.75, 3.05) is 62.9 Å². The highest BCUT2D eigenvalue weighted by molar-refractivity contribution is 5.88. The quantitative estimate of drug-likeness (QED) is 0.335. The Morgan fingerprint density at radius 2 is 1.65 bits per heavy atom. The second-order valence-electron chi connectivity index (χ2n) is 10.3. The fourth-order valence-electron chi connectivity index (χ4n) is 5.57. The van der Waals surface area contributed by atoms with Crippen molar-refractivity contribution in [1.29, 1.82) is 0 Å². The Labute approximate surface area is 232 Å². The molecule has 1 aromatic carbocycles. The number of nitrogens with zero attached hydrogens (tertiary/aromatic N) is 9. The van der Waals surface area contributed by atoms with Gasteiger partial charge in [0, 0.05) is 31.1 Å². The molecule has 40 heavy (non-hydrogen) atoms. The first-order chi connectivity index (χ1) is 19.6. The summed E-state index contributed by atoms with van der Waals surface area (Å²) in [5, 5.41) is 8.37. The predicted molar refractivity (Wildman–Crippen MR) is 153 cm³/mol. The van der Waals surface area contributed by atoms with Gasteiger partial charge in [0.15, 0.2) is 17.3 Å². The Morgan fingerprint density at radius 1 is 0.925 bits per heavy atom.